The van der Waals surface area contributed by atoms with Crippen molar-refractivity contribution in [2.75, 3.05) is 11.4 Å². The van der Waals surface area contributed by atoms with Gasteiger partial charge in [0.1, 0.15) is 5.69 Å². The second-order valence-corrected chi connectivity index (χ2v) is 8.25. The molecule has 32 heavy (non-hydrogen) atoms. The van der Waals surface area contributed by atoms with Gasteiger partial charge >= 0.3 is 0 Å². The molecule has 0 amide bonds. The standard InChI is InChI=1S/C24H28N4O4/c1-19(2)6-4-3-5-13-25-14-9-20(10-15-25)21-11-16-26(17-12-21)23-8-7-22(27(29)30)18-24(23)28(31)32/h7-12,14-19H,3-6,13H2,1-2H3. The van der Waals surface area contributed by atoms with Gasteiger partial charge in [-0.05, 0) is 53.9 Å². The van der Waals surface area contributed by atoms with Gasteiger partial charge in [0.05, 0.1) is 15.9 Å². The van der Waals surface area contributed by atoms with Crippen molar-refractivity contribution in [1.29, 1.82) is 0 Å². The Hall–Kier alpha value is -3.68. The molecule has 0 atom stereocenters. The first kappa shape index (κ1) is 23.0. The normalized spacial score (nSPS) is 15.2. The van der Waals surface area contributed by atoms with E-state index in [2.05, 4.69) is 43.3 Å². The topological polar surface area (TPSA) is 92.8 Å². The van der Waals surface area contributed by atoms with Gasteiger partial charge in [0.2, 0.25) is 0 Å². The summed E-state index contributed by atoms with van der Waals surface area (Å²) < 4.78 is 0. The monoisotopic (exact) mass is 436 g/mol. The van der Waals surface area contributed by atoms with Crippen LogP contribution >= 0.6 is 0 Å². The number of anilines is 1. The molecule has 8 heteroatoms. The maximum Gasteiger partial charge on any atom is 0.300 e. The van der Waals surface area contributed by atoms with Crippen LogP contribution < -0.4 is 4.90 Å². The molecule has 0 saturated carbocycles. The summed E-state index contributed by atoms with van der Waals surface area (Å²) in [7, 11) is 0. The molecule has 0 unspecified atom stereocenters. The molecule has 0 saturated heterocycles. The molecular weight excluding hydrogens is 408 g/mol. The van der Waals surface area contributed by atoms with Crippen molar-refractivity contribution in [3.05, 3.63) is 98.7 Å². The summed E-state index contributed by atoms with van der Waals surface area (Å²) in [4.78, 5) is 24.9. The molecule has 3 rings (SSSR count). The van der Waals surface area contributed by atoms with E-state index >= 15 is 0 Å². The van der Waals surface area contributed by atoms with Crippen LogP contribution in [0.25, 0.3) is 0 Å². The number of nitrogens with zero attached hydrogens (tertiary/aromatic N) is 4. The van der Waals surface area contributed by atoms with E-state index in [0.29, 0.717) is 0 Å². The molecule has 0 fully saturated rings. The minimum Gasteiger partial charge on any atom is -0.354 e. The lowest BCUT2D eigenvalue weighted by Gasteiger charge is -2.22. The van der Waals surface area contributed by atoms with Gasteiger partial charge in [0.25, 0.3) is 11.4 Å². The van der Waals surface area contributed by atoms with Crippen molar-refractivity contribution in [3.8, 4) is 0 Å². The SMILES string of the molecule is CC(C)CCCCCN1C=CC(=C2C=CN(c3ccc([N+](=O)[O-])cc3[N+](=O)[O-])C=C2)C=C1. The largest absolute Gasteiger partial charge is 0.354 e. The number of benzene rings is 1. The fraction of sp³-hybridized carbons (Fsp3) is 0.333. The lowest BCUT2D eigenvalue weighted by molar-refractivity contribution is -0.393. The van der Waals surface area contributed by atoms with E-state index in [1.165, 1.54) is 31.4 Å². The van der Waals surface area contributed by atoms with Gasteiger partial charge < -0.3 is 9.80 Å². The highest BCUT2D eigenvalue weighted by Gasteiger charge is 2.22. The lowest BCUT2D eigenvalue weighted by atomic mass is 10.0. The number of nitro benzene ring substituents is 2. The van der Waals surface area contributed by atoms with Crippen molar-refractivity contribution in [2.24, 2.45) is 5.92 Å². The van der Waals surface area contributed by atoms with Crippen molar-refractivity contribution in [1.82, 2.24) is 4.90 Å². The summed E-state index contributed by atoms with van der Waals surface area (Å²) >= 11 is 0. The van der Waals surface area contributed by atoms with Crippen LogP contribution in [0.4, 0.5) is 17.1 Å². The van der Waals surface area contributed by atoms with Crippen LogP contribution in [-0.4, -0.2) is 21.3 Å². The number of nitro groups is 2. The van der Waals surface area contributed by atoms with E-state index in [4.69, 9.17) is 0 Å². The van der Waals surface area contributed by atoms with E-state index in [1.54, 1.807) is 17.3 Å². The van der Waals surface area contributed by atoms with Crippen molar-refractivity contribution < 1.29 is 9.85 Å². The van der Waals surface area contributed by atoms with Crippen LogP contribution in [0.15, 0.2) is 78.4 Å². The van der Waals surface area contributed by atoms with E-state index < -0.39 is 9.85 Å². The van der Waals surface area contributed by atoms with Crippen molar-refractivity contribution >= 4 is 17.1 Å². The van der Waals surface area contributed by atoms with Crippen LogP contribution in [0.5, 0.6) is 0 Å². The first-order valence-corrected chi connectivity index (χ1v) is 10.8. The molecule has 1 aromatic carbocycles. The van der Waals surface area contributed by atoms with Gasteiger partial charge in [0, 0.05) is 37.4 Å². The number of allylic oxidation sites excluding steroid dienone is 6. The zero-order valence-corrected chi connectivity index (χ0v) is 18.4. The summed E-state index contributed by atoms with van der Waals surface area (Å²) in [6.45, 7) is 5.51. The van der Waals surface area contributed by atoms with Gasteiger partial charge in [-0.1, -0.05) is 33.1 Å². The van der Waals surface area contributed by atoms with Gasteiger partial charge in [-0.2, -0.15) is 0 Å². The van der Waals surface area contributed by atoms with E-state index in [9.17, 15) is 20.2 Å². The Labute approximate surface area is 187 Å². The molecule has 2 aliphatic rings. The van der Waals surface area contributed by atoms with Crippen LogP contribution in [0.3, 0.4) is 0 Å². The molecular formula is C24H28N4O4. The molecule has 0 N–H and O–H groups in total. The van der Waals surface area contributed by atoms with Gasteiger partial charge in [-0.25, -0.2) is 0 Å². The minimum atomic E-state index is -0.641. The first-order chi connectivity index (χ1) is 15.3. The van der Waals surface area contributed by atoms with Crippen molar-refractivity contribution in [2.45, 2.75) is 39.5 Å². The molecule has 8 nitrogen and oxygen atoms in total. The maximum atomic E-state index is 11.4. The predicted octanol–water partition coefficient (Wildman–Crippen LogP) is 6.21. The number of hydrogen-bond donors (Lipinski definition) is 0. The molecule has 1 aromatic rings. The first-order valence-electron chi connectivity index (χ1n) is 10.8. The van der Waals surface area contributed by atoms with Crippen LogP contribution in [0.2, 0.25) is 0 Å². The second kappa shape index (κ2) is 10.6. The molecule has 2 heterocycles. The summed E-state index contributed by atoms with van der Waals surface area (Å²) in [5.41, 5.74) is 1.68. The zero-order valence-electron chi connectivity index (χ0n) is 18.4. The lowest BCUT2D eigenvalue weighted by Crippen LogP contribution is -2.14. The number of rotatable bonds is 9. The third-order valence-corrected chi connectivity index (χ3v) is 5.40. The molecule has 168 valence electrons. The fourth-order valence-electron chi connectivity index (χ4n) is 3.59. The molecule has 0 bridgehead atoms. The number of hydrogen-bond acceptors (Lipinski definition) is 6. The molecule has 0 aromatic heterocycles. The molecule has 0 aliphatic carbocycles. The van der Waals surface area contributed by atoms with Crippen LogP contribution in [0.1, 0.15) is 39.5 Å². The summed E-state index contributed by atoms with van der Waals surface area (Å²) in [6, 6.07) is 3.64. The molecule has 0 radical (unpaired) electrons. The molecule has 0 spiro atoms. The quantitative estimate of drug-likeness (QED) is 0.260. The summed E-state index contributed by atoms with van der Waals surface area (Å²) in [5.74, 6) is 0.762. The van der Waals surface area contributed by atoms with E-state index in [-0.39, 0.29) is 17.1 Å². The van der Waals surface area contributed by atoms with Crippen molar-refractivity contribution in [3.63, 3.8) is 0 Å². The zero-order chi connectivity index (χ0) is 23.1. The molecule has 2 aliphatic heterocycles. The summed E-state index contributed by atoms with van der Waals surface area (Å²) in [6.07, 6.45) is 20.4. The summed E-state index contributed by atoms with van der Waals surface area (Å²) in [5, 5.41) is 22.3. The number of unbranched alkanes of at least 4 members (excludes halogenated alkanes) is 2. The average Bonchev–Trinajstić information content (AvgIpc) is 2.78. The highest BCUT2D eigenvalue weighted by molar-refractivity contribution is 5.71. The van der Waals surface area contributed by atoms with Gasteiger partial charge in [-0.15, -0.1) is 0 Å². The predicted molar refractivity (Wildman–Crippen MR) is 126 cm³/mol. The number of non-ortho nitro benzene ring substituents is 1. The fourth-order valence-corrected chi connectivity index (χ4v) is 3.59. The van der Waals surface area contributed by atoms with E-state index in [1.807, 2.05) is 12.2 Å². The Balaban J connectivity index is 1.63. The Morgan fingerprint density at radius 3 is 2.03 bits per heavy atom. The Morgan fingerprint density at radius 2 is 1.47 bits per heavy atom. The maximum absolute atomic E-state index is 11.4. The van der Waals surface area contributed by atoms with Crippen LogP contribution in [-0.2, 0) is 0 Å². The van der Waals surface area contributed by atoms with Gasteiger partial charge in [-0.3, -0.25) is 20.2 Å². The Kier molecular flexibility index (Phi) is 7.59. The highest BCUT2D eigenvalue weighted by atomic mass is 16.6. The highest BCUT2D eigenvalue weighted by Crippen LogP contribution is 2.34. The van der Waals surface area contributed by atoms with Gasteiger partial charge in [0.15, 0.2) is 0 Å². The third kappa shape index (κ3) is 5.94. The Bertz CT molecular complexity index is 989. The van der Waals surface area contributed by atoms with E-state index in [0.717, 1.165) is 36.1 Å². The average molecular weight is 437 g/mol. The second-order valence-electron chi connectivity index (χ2n) is 8.25. The van der Waals surface area contributed by atoms with Crippen LogP contribution in [0, 0.1) is 26.1 Å². The Morgan fingerprint density at radius 1 is 0.844 bits per heavy atom. The minimum absolute atomic E-state index is 0.274. The third-order valence-electron chi connectivity index (χ3n) is 5.40. The smallest absolute Gasteiger partial charge is 0.300 e.